The lowest BCUT2D eigenvalue weighted by Crippen LogP contribution is -2.35. The minimum atomic E-state index is 0.597. The number of hydrogen-bond acceptors (Lipinski definition) is 2. The minimum absolute atomic E-state index is 0.597. The summed E-state index contributed by atoms with van der Waals surface area (Å²) >= 11 is 2.59. The Bertz CT molecular complexity index is 208. The molecule has 0 radical (unpaired) electrons. The third kappa shape index (κ3) is 3.84. The molecule has 1 rings (SSSR count). The van der Waals surface area contributed by atoms with Crippen molar-refractivity contribution in [3.8, 4) is 0 Å². The molecule has 1 unspecified atom stereocenters. The quantitative estimate of drug-likeness (QED) is 0.543. The Morgan fingerprint density at radius 2 is 2.12 bits per heavy atom. The highest BCUT2D eigenvalue weighted by molar-refractivity contribution is 14.1. The number of nitrogens with zero attached hydrogens (tertiary/aromatic N) is 2. The standard InChI is InChI=1S/C13H27IN2/c1-5-16-9-7-13(10-14,11-16)6-8-15(4)12(2)3/h12H,5-11H2,1-4H3. The summed E-state index contributed by atoms with van der Waals surface area (Å²) in [5.41, 5.74) is 0.597. The SMILES string of the molecule is CCN1CCC(CI)(CCN(C)C(C)C)C1. The molecule has 0 bridgehead atoms. The van der Waals surface area contributed by atoms with E-state index in [0.29, 0.717) is 11.5 Å². The van der Waals surface area contributed by atoms with E-state index in [-0.39, 0.29) is 0 Å². The van der Waals surface area contributed by atoms with Crippen molar-refractivity contribution in [1.29, 1.82) is 0 Å². The van der Waals surface area contributed by atoms with E-state index >= 15 is 0 Å². The molecule has 0 aromatic carbocycles. The van der Waals surface area contributed by atoms with E-state index in [2.05, 4.69) is 60.2 Å². The van der Waals surface area contributed by atoms with E-state index in [1.165, 1.54) is 43.4 Å². The molecule has 2 nitrogen and oxygen atoms in total. The zero-order chi connectivity index (χ0) is 12.2. The summed E-state index contributed by atoms with van der Waals surface area (Å²) < 4.78 is 1.31. The second-order valence-corrected chi connectivity index (χ2v) is 6.34. The van der Waals surface area contributed by atoms with E-state index in [0.717, 1.165) is 0 Å². The van der Waals surface area contributed by atoms with Crippen LogP contribution in [0.25, 0.3) is 0 Å². The lowest BCUT2D eigenvalue weighted by molar-refractivity contribution is 0.207. The molecule has 0 aliphatic carbocycles. The zero-order valence-corrected chi connectivity index (χ0v) is 13.5. The van der Waals surface area contributed by atoms with Crippen LogP contribution in [-0.4, -0.2) is 53.5 Å². The first-order valence-corrected chi connectivity index (χ1v) is 8.04. The maximum atomic E-state index is 2.61. The highest BCUT2D eigenvalue weighted by atomic mass is 127. The molecule has 0 spiro atoms. The van der Waals surface area contributed by atoms with Gasteiger partial charge < -0.3 is 9.80 Å². The second kappa shape index (κ2) is 6.55. The van der Waals surface area contributed by atoms with Gasteiger partial charge in [-0.05, 0) is 58.8 Å². The summed E-state index contributed by atoms with van der Waals surface area (Å²) in [4.78, 5) is 5.08. The van der Waals surface area contributed by atoms with Gasteiger partial charge in [0.1, 0.15) is 0 Å². The fourth-order valence-electron chi connectivity index (χ4n) is 2.35. The molecule has 1 aliphatic heterocycles. The van der Waals surface area contributed by atoms with Crippen LogP contribution in [0, 0.1) is 5.41 Å². The molecule has 1 fully saturated rings. The highest BCUT2D eigenvalue weighted by Crippen LogP contribution is 2.36. The summed E-state index contributed by atoms with van der Waals surface area (Å²) in [6, 6.07) is 0.676. The smallest absolute Gasteiger partial charge is 0.00652 e. The Kier molecular flexibility index (Phi) is 6.02. The predicted octanol–water partition coefficient (Wildman–Crippen LogP) is 2.86. The van der Waals surface area contributed by atoms with Crippen LogP contribution in [-0.2, 0) is 0 Å². The van der Waals surface area contributed by atoms with Gasteiger partial charge in [0.15, 0.2) is 0 Å². The number of hydrogen-bond donors (Lipinski definition) is 0. The summed E-state index contributed by atoms with van der Waals surface area (Å²) in [6.45, 7) is 11.9. The Balaban J connectivity index is 2.43. The van der Waals surface area contributed by atoms with Crippen molar-refractivity contribution in [3.05, 3.63) is 0 Å². The van der Waals surface area contributed by atoms with Gasteiger partial charge in [0.05, 0.1) is 0 Å². The largest absolute Gasteiger partial charge is 0.304 e. The number of alkyl halides is 1. The van der Waals surface area contributed by atoms with Crippen LogP contribution >= 0.6 is 22.6 Å². The van der Waals surface area contributed by atoms with Gasteiger partial charge in [0, 0.05) is 17.0 Å². The van der Waals surface area contributed by atoms with E-state index in [1.54, 1.807) is 0 Å². The Morgan fingerprint density at radius 1 is 1.44 bits per heavy atom. The normalized spacial score (nSPS) is 27.2. The van der Waals surface area contributed by atoms with Crippen LogP contribution in [0.15, 0.2) is 0 Å². The third-order valence-electron chi connectivity index (χ3n) is 4.12. The molecule has 1 aliphatic rings. The molecule has 96 valence electrons. The average molecular weight is 338 g/mol. The molecule has 16 heavy (non-hydrogen) atoms. The molecule has 3 heteroatoms. The summed E-state index contributed by atoms with van der Waals surface area (Å²) in [6.07, 6.45) is 2.76. The average Bonchev–Trinajstić information content (AvgIpc) is 2.70. The van der Waals surface area contributed by atoms with Crippen molar-refractivity contribution in [3.63, 3.8) is 0 Å². The van der Waals surface area contributed by atoms with Gasteiger partial charge in [-0.1, -0.05) is 29.5 Å². The van der Waals surface area contributed by atoms with Crippen LogP contribution in [0.5, 0.6) is 0 Å². The molecule has 0 amide bonds. The topological polar surface area (TPSA) is 6.48 Å². The fourth-order valence-corrected chi connectivity index (χ4v) is 3.35. The Morgan fingerprint density at radius 3 is 2.56 bits per heavy atom. The van der Waals surface area contributed by atoms with Crippen LogP contribution in [0.2, 0.25) is 0 Å². The maximum Gasteiger partial charge on any atom is 0.00652 e. The van der Waals surface area contributed by atoms with Gasteiger partial charge in [-0.2, -0.15) is 0 Å². The van der Waals surface area contributed by atoms with Crippen LogP contribution in [0.1, 0.15) is 33.6 Å². The van der Waals surface area contributed by atoms with Gasteiger partial charge in [-0.3, -0.25) is 0 Å². The van der Waals surface area contributed by atoms with Gasteiger partial charge >= 0.3 is 0 Å². The van der Waals surface area contributed by atoms with E-state index < -0.39 is 0 Å². The van der Waals surface area contributed by atoms with E-state index in [4.69, 9.17) is 0 Å². The first-order valence-electron chi connectivity index (χ1n) is 6.51. The first kappa shape index (κ1) is 14.7. The van der Waals surface area contributed by atoms with Crippen molar-refractivity contribution < 1.29 is 0 Å². The highest BCUT2D eigenvalue weighted by Gasteiger charge is 2.36. The molecule has 1 saturated heterocycles. The molecular weight excluding hydrogens is 311 g/mol. The Hall–Kier alpha value is 0.650. The van der Waals surface area contributed by atoms with Crippen LogP contribution < -0.4 is 0 Å². The summed E-state index contributed by atoms with van der Waals surface area (Å²) in [7, 11) is 2.25. The van der Waals surface area contributed by atoms with E-state index in [1.807, 2.05) is 0 Å². The van der Waals surface area contributed by atoms with E-state index in [9.17, 15) is 0 Å². The molecule has 0 N–H and O–H groups in total. The molecule has 1 heterocycles. The fraction of sp³-hybridized carbons (Fsp3) is 1.00. The molecular formula is C13H27IN2. The number of halogens is 1. The molecule has 1 atom stereocenters. The minimum Gasteiger partial charge on any atom is -0.304 e. The number of likely N-dealkylation sites (tertiary alicyclic amines) is 1. The van der Waals surface area contributed by atoms with Crippen molar-refractivity contribution in [2.24, 2.45) is 5.41 Å². The van der Waals surface area contributed by atoms with Crippen molar-refractivity contribution in [1.82, 2.24) is 9.80 Å². The van der Waals surface area contributed by atoms with Crippen molar-refractivity contribution >= 4 is 22.6 Å². The number of rotatable bonds is 6. The van der Waals surface area contributed by atoms with Gasteiger partial charge in [0.25, 0.3) is 0 Å². The van der Waals surface area contributed by atoms with Gasteiger partial charge in [-0.15, -0.1) is 0 Å². The Labute approximate surface area is 115 Å². The zero-order valence-electron chi connectivity index (χ0n) is 11.3. The second-order valence-electron chi connectivity index (χ2n) is 5.58. The van der Waals surface area contributed by atoms with Crippen LogP contribution in [0.4, 0.5) is 0 Å². The van der Waals surface area contributed by atoms with Crippen molar-refractivity contribution in [2.75, 3.05) is 37.7 Å². The van der Waals surface area contributed by atoms with Gasteiger partial charge in [0.2, 0.25) is 0 Å². The first-order chi connectivity index (χ1) is 7.53. The van der Waals surface area contributed by atoms with Crippen molar-refractivity contribution in [2.45, 2.75) is 39.7 Å². The van der Waals surface area contributed by atoms with Crippen LogP contribution in [0.3, 0.4) is 0 Å². The lowest BCUT2D eigenvalue weighted by atomic mass is 9.86. The predicted molar refractivity (Wildman–Crippen MR) is 80.4 cm³/mol. The maximum absolute atomic E-state index is 2.61. The molecule has 0 aromatic rings. The molecule has 0 aromatic heterocycles. The third-order valence-corrected chi connectivity index (χ3v) is 5.74. The molecule has 0 saturated carbocycles. The monoisotopic (exact) mass is 338 g/mol. The lowest BCUT2D eigenvalue weighted by Gasteiger charge is -2.31. The summed E-state index contributed by atoms with van der Waals surface area (Å²) in [5, 5.41) is 0. The van der Waals surface area contributed by atoms with Gasteiger partial charge in [-0.25, -0.2) is 0 Å². The summed E-state index contributed by atoms with van der Waals surface area (Å²) in [5.74, 6) is 0.